The Hall–Kier alpha value is -4.78. The zero-order valence-electron chi connectivity index (χ0n) is 26.2. The number of carbonyl (C=O) groups is 4. The molecule has 47 heavy (non-hydrogen) atoms. The zero-order chi connectivity index (χ0) is 33.3. The van der Waals surface area contributed by atoms with Crippen LogP contribution < -0.4 is 11.1 Å². The molecule has 5 rings (SSSR count). The molecular formula is C34H41N7O5S. The Balaban J connectivity index is 1.29. The van der Waals surface area contributed by atoms with Gasteiger partial charge in [0.15, 0.2) is 11.0 Å². The Morgan fingerprint density at radius 3 is 2.57 bits per heavy atom. The lowest BCUT2D eigenvalue weighted by atomic mass is 9.90. The number of Topliss-reactive ketones (excluding diaryl/α,β-unsaturated/α-hetero) is 1. The fraction of sp³-hybridized carbons (Fsp3) is 0.412. The summed E-state index contributed by atoms with van der Waals surface area (Å²) >= 11 is 1.20. The highest BCUT2D eigenvalue weighted by Gasteiger charge is 2.40. The van der Waals surface area contributed by atoms with Crippen LogP contribution in [0.5, 0.6) is 5.75 Å². The molecule has 2 fully saturated rings. The summed E-state index contributed by atoms with van der Waals surface area (Å²) < 4.78 is 0. The van der Waals surface area contributed by atoms with E-state index in [0.717, 1.165) is 24.0 Å². The number of thiazole rings is 1. The van der Waals surface area contributed by atoms with Crippen LogP contribution in [0.15, 0.2) is 66.2 Å². The molecule has 0 spiro atoms. The molecule has 2 saturated heterocycles. The van der Waals surface area contributed by atoms with Gasteiger partial charge in [0.2, 0.25) is 23.5 Å². The van der Waals surface area contributed by atoms with Crippen molar-refractivity contribution in [2.75, 3.05) is 32.7 Å². The first-order valence-electron chi connectivity index (χ1n) is 15.9. The molecular weight excluding hydrogens is 618 g/mol. The summed E-state index contributed by atoms with van der Waals surface area (Å²) in [6.07, 6.45) is 5.06. The number of guanidine groups is 1. The van der Waals surface area contributed by atoms with E-state index in [-0.39, 0.29) is 59.7 Å². The predicted octanol–water partition coefficient (Wildman–Crippen LogP) is 2.43. The number of benzene rings is 2. The van der Waals surface area contributed by atoms with Crippen LogP contribution in [0.1, 0.15) is 46.6 Å². The average Bonchev–Trinajstić information content (AvgIpc) is 3.61. The minimum Gasteiger partial charge on any atom is -0.508 e. The highest BCUT2D eigenvalue weighted by Crippen LogP contribution is 2.24. The van der Waals surface area contributed by atoms with Crippen molar-refractivity contribution in [2.24, 2.45) is 11.7 Å². The second-order valence-electron chi connectivity index (χ2n) is 12.2. The van der Waals surface area contributed by atoms with Crippen molar-refractivity contribution in [2.45, 2.75) is 50.6 Å². The van der Waals surface area contributed by atoms with Gasteiger partial charge in [0.1, 0.15) is 18.3 Å². The normalized spacial score (nSPS) is 19.0. The second kappa shape index (κ2) is 15.7. The number of piperidine rings is 1. The summed E-state index contributed by atoms with van der Waals surface area (Å²) in [4.78, 5) is 63.4. The van der Waals surface area contributed by atoms with Crippen LogP contribution >= 0.6 is 11.3 Å². The van der Waals surface area contributed by atoms with Crippen molar-refractivity contribution in [1.82, 2.24) is 25.0 Å². The molecule has 0 saturated carbocycles. The third kappa shape index (κ3) is 8.94. The molecule has 12 nitrogen and oxygen atoms in total. The molecule has 3 amide bonds. The lowest BCUT2D eigenvalue weighted by molar-refractivity contribution is -0.157. The van der Waals surface area contributed by atoms with Gasteiger partial charge in [0.05, 0.1) is 12.6 Å². The molecule has 13 heteroatoms. The van der Waals surface area contributed by atoms with Crippen molar-refractivity contribution < 1.29 is 24.3 Å². The molecule has 3 aromatic rings. The van der Waals surface area contributed by atoms with E-state index in [1.165, 1.54) is 22.4 Å². The first-order chi connectivity index (χ1) is 22.7. The van der Waals surface area contributed by atoms with Crippen LogP contribution in [0.2, 0.25) is 0 Å². The summed E-state index contributed by atoms with van der Waals surface area (Å²) in [6, 6.07) is 14.5. The van der Waals surface area contributed by atoms with E-state index in [2.05, 4.69) is 10.3 Å². The maximum Gasteiger partial charge on any atom is 0.246 e. The van der Waals surface area contributed by atoms with Crippen molar-refractivity contribution in [1.29, 1.82) is 5.41 Å². The molecule has 2 aliphatic rings. The van der Waals surface area contributed by atoms with Gasteiger partial charge in [-0.2, -0.15) is 0 Å². The predicted molar refractivity (Wildman–Crippen MR) is 178 cm³/mol. The first-order valence-corrected chi connectivity index (χ1v) is 16.8. The van der Waals surface area contributed by atoms with E-state index < -0.39 is 18.0 Å². The smallest absolute Gasteiger partial charge is 0.246 e. The summed E-state index contributed by atoms with van der Waals surface area (Å²) in [5.74, 6) is -1.22. The van der Waals surface area contributed by atoms with Crippen molar-refractivity contribution >= 4 is 40.8 Å². The third-order valence-electron chi connectivity index (χ3n) is 8.76. The van der Waals surface area contributed by atoms with E-state index in [1.807, 2.05) is 42.5 Å². The molecule has 2 aliphatic heterocycles. The lowest BCUT2D eigenvalue weighted by Crippen LogP contribution is -2.62. The first kappa shape index (κ1) is 33.6. The number of carbonyl (C=O) groups excluding carboxylic acids is 4. The molecule has 2 aromatic carbocycles. The van der Waals surface area contributed by atoms with E-state index in [9.17, 15) is 24.3 Å². The van der Waals surface area contributed by atoms with Gasteiger partial charge in [-0.3, -0.25) is 24.6 Å². The Bertz CT molecular complexity index is 1550. The average molecular weight is 660 g/mol. The van der Waals surface area contributed by atoms with Crippen LogP contribution in [0.3, 0.4) is 0 Å². The van der Waals surface area contributed by atoms with Gasteiger partial charge >= 0.3 is 0 Å². The maximum atomic E-state index is 13.9. The SMILES string of the molecule is N=C(N)N1CCC[C@@H](C[C@@H](NC(=O)CN2C(=O)CN(CCCc3ccc(O)cc3)C(=O)[C@H]2Cc2ccccc2)C(=O)c2nccs2)C1. The fourth-order valence-corrected chi connectivity index (χ4v) is 6.97. The highest BCUT2D eigenvalue weighted by atomic mass is 32.1. The number of aryl methyl sites for hydroxylation is 1. The number of nitrogens with one attached hydrogen (secondary N) is 2. The Labute approximate surface area is 278 Å². The van der Waals surface area contributed by atoms with Crippen LogP contribution in [-0.4, -0.2) is 99.1 Å². The standard InChI is InChI=1S/C34H41N7O5S/c35-34(36)40-16-5-9-25(20-40)18-27(31(45)32-37-14-17-47-32)38-29(43)21-41-28(19-24-6-2-1-3-7-24)33(46)39(22-30(41)44)15-4-8-23-10-12-26(42)13-11-23/h1-3,6-7,10-14,17,25,27-28,42H,4-5,8-9,15-16,18-22H2,(H3,35,36)(H,38,43)/t25-,27+,28+/m0/s1. The maximum absolute atomic E-state index is 13.9. The number of ketones is 1. The number of piperazine rings is 1. The van der Waals surface area contributed by atoms with Crippen LogP contribution in [-0.2, 0) is 27.2 Å². The van der Waals surface area contributed by atoms with Gasteiger partial charge in [-0.15, -0.1) is 11.3 Å². The number of phenols is 1. The molecule has 5 N–H and O–H groups in total. The highest BCUT2D eigenvalue weighted by molar-refractivity contribution is 7.11. The Kier molecular flexibility index (Phi) is 11.2. The van der Waals surface area contributed by atoms with Crippen LogP contribution in [0, 0.1) is 11.3 Å². The van der Waals surface area contributed by atoms with E-state index >= 15 is 0 Å². The monoisotopic (exact) mass is 659 g/mol. The third-order valence-corrected chi connectivity index (χ3v) is 9.55. The lowest BCUT2D eigenvalue weighted by Gasteiger charge is -2.40. The topological polar surface area (TPSA) is 173 Å². The van der Waals surface area contributed by atoms with E-state index in [1.54, 1.807) is 27.3 Å². The van der Waals surface area contributed by atoms with Crippen molar-refractivity contribution in [3.63, 3.8) is 0 Å². The molecule has 0 radical (unpaired) electrons. The number of aromatic nitrogens is 1. The number of aromatic hydroxyl groups is 1. The van der Waals surface area contributed by atoms with Gasteiger partial charge in [-0.1, -0.05) is 42.5 Å². The van der Waals surface area contributed by atoms with Gasteiger partial charge < -0.3 is 30.9 Å². The molecule has 0 bridgehead atoms. The molecule has 3 heterocycles. The number of nitrogens with two attached hydrogens (primary N) is 1. The van der Waals surface area contributed by atoms with Crippen molar-refractivity contribution in [3.05, 3.63) is 82.3 Å². The van der Waals surface area contributed by atoms with Gasteiger partial charge in [0, 0.05) is 37.6 Å². The minimum absolute atomic E-state index is 0.0148. The summed E-state index contributed by atoms with van der Waals surface area (Å²) in [5.41, 5.74) is 7.61. The molecule has 248 valence electrons. The van der Waals surface area contributed by atoms with Gasteiger partial charge in [-0.05, 0) is 61.3 Å². The molecule has 0 aliphatic carbocycles. The molecule has 3 atom stereocenters. The summed E-state index contributed by atoms with van der Waals surface area (Å²) in [6.45, 7) is 1.05. The second-order valence-corrected chi connectivity index (χ2v) is 13.0. The van der Waals surface area contributed by atoms with E-state index in [0.29, 0.717) is 38.9 Å². The number of likely N-dealkylation sites (tertiary alicyclic amines) is 1. The number of amides is 3. The van der Waals surface area contributed by atoms with E-state index in [4.69, 9.17) is 11.1 Å². The number of hydrogen-bond acceptors (Lipinski definition) is 8. The number of nitrogens with zero attached hydrogens (tertiary/aromatic N) is 4. The van der Waals surface area contributed by atoms with Gasteiger partial charge in [0.25, 0.3) is 0 Å². The molecule has 0 unspecified atom stereocenters. The molecule has 1 aromatic heterocycles. The summed E-state index contributed by atoms with van der Waals surface area (Å²) in [7, 11) is 0. The Morgan fingerprint density at radius 1 is 1.11 bits per heavy atom. The van der Waals surface area contributed by atoms with Gasteiger partial charge in [-0.25, -0.2) is 4.98 Å². The Morgan fingerprint density at radius 2 is 1.87 bits per heavy atom. The van der Waals surface area contributed by atoms with Crippen molar-refractivity contribution in [3.8, 4) is 5.75 Å². The number of hydrogen-bond donors (Lipinski definition) is 4. The fourth-order valence-electron chi connectivity index (χ4n) is 6.34. The largest absolute Gasteiger partial charge is 0.508 e. The number of phenolic OH excluding ortho intramolecular Hbond substituents is 1. The van der Waals surface area contributed by atoms with Crippen LogP contribution in [0.25, 0.3) is 0 Å². The number of rotatable bonds is 13. The summed E-state index contributed by atoms with van der Waals surface area (Å²) in [5, 5.41) is 22.2. The van der Waals surface area contributed by atoms with Crippen LogP contribution in [0.4, 0.5) is 0 Å². The quantitative estimate of drug-likeness (QED) is 0.123. The zero-order valence-corrected chi connectivity index (χ0v) is 27.0. The minimum atomic E-state index is -0.884.